The number of nitro groups is 1. The minimum absolute atomic E-state index is 0.159. The van der Waals surface area contributed by atoms with Gasteiger partial charge < -0.3 is 10.4 Å². The number of hydrogen-bond acceptors (Lipinski definition) is 5. The van der Waals surface area contributed by atoms with E-state index in [4.69, 9.17) is 0 Å². The molecule has 1 atom stereocenters. The molecule has 1 aromatic rings. The van der Waals surface area contributed by atoms with Crippen LogP contribution in [0, 0.1) is 10.1 Å². The van der Waals surface area contributed by atoms with Crippen LogP contribution >= 0.6 is 0 Å². The Morgan fingerprint density at radius 3 is 2.79 bits per heavy atom. The van der Waals surface area contributed by atoms with Gasteiger partial charge in [0.05, 0.1) is 4.92 Å². The fourth-order valence-electron chi connectivity index (χ4n) is 1.38. The molecule has 0 spiro atoms. The average molecular weight is 286 g/mol. The number of benzene rings is 1. The quantitative estimate of drug-likeness (QED) is 0.593. The molecular formula is C11H14N2O5S. The highest BCUT2D eigenvalue weighted by molar-refractivity contribution is 7.84. The lowest BCUT2D eigenvalue weighted by atomic mass is 10.1. The normalized spacial score (nSPS) is 11.8. The van der Waals surface area contributed by atoms with E-state index >= 15 is 0 Å². The highest BCUT2D eigenvalue weighted by Gasteiger charge is 2.20. The monoisotopic (exact) mass is 286 g/mol. The Morgan fingerprint density at radius 1 is 1.53 bits per heavy atom. The van der Waals surface area contributed by atoms with Crippen LogP contribution in [0.1, 0.15) is 17.3 Å². The number of nitrogens with one attached hydrogen (secondary N) is 1. The number of phenols is 1. The molecule has 0 aliphatic carbocycles. The van der Waals surface area contributed by atoms with Crippen LogP contribution in [0.15, 0.2) is 18.2 Å². The molecular weight excluding hydrogens is 272 g/mol. The van der Waals surface area contributed by atoms with E-state index in [1.165, 1.54) is 0 Å². The second-order valence-corrected chi connectivity index (χ2v) is 5.51. The Morgan fingerprint density at radius 2 is 2.21 bits per heavy atom. The molecule has 2 N–H and O–H groups in total. The van der Waals surface area contributed by atoms with Gasteiger partial charge in [-0.1, -0.05) is 6.92 Å². The molecule has 0 bridgehead atoms. The Hall–Kier alpha value is -1.96. The van der Waals surface area contributed by atoms with Crippen molar-refractivity contribution in [2.45, 2.75) is 6.92 Å². The van der Waals surface area contributed by atoms with Crippen molar-refractivity contribution in [3.05, 3.63) is 33.9 Å². The first-order valence-corrected chi connectivity index (χ1v) is 7.05. The largest absolute Gasteiger partial charge is 0.508 e. The van der Waals surface area contributed by atoms with Crippen molar-refractivity contribution < 1.29 is 19.0 Å². The summed E-state index contributed by atoms with van der Waals surface area (Å²) in [5.74, 6) is -0.125. The Kier molecular flexibility index (Phi) is 5.43. The fraction of sp³-hybridized carbons (Fsp3) is 0.364. The summed E-state index contributed by atoms with van der Waals surface area (Å²) in [5.41, 5.74) is -0.598. The number of nitrogens with zero attached hydrogens (tertiary/aromatic N) is 1. The van der Waals surface area contributed by atoms with Gasteiger partial charge in [0.25, 0.3) is 11.6 Å². The van der Waals surface area contributed by atoms with E-state index in [1.54, 1.807) is 6.92 Å². The summed E-state index contributed by atoms with van der Waals surface area (Å²) in [6, 6.07) is 3.24. The van der Waals surface area contributed by atoms with E-state index in [9.17, 15) is 24.2 Å². The van der Waals surface area contributed by atoms with Crippen molar-refractivity contribution in [1.82, 2.24) is 5.32 Å². The molecule has 0 saturated carbocycles. The number of aromatic hydroxyl groups is 1. The molecule has 0 radical (unpaired) electrons. The highest BCUT2D eigenvalue weighted by atomic mass is 32.2. The number of nitro benzene ring substituents is 1. The molecule has 1 unspecified atom stereocenters. The van der Waals surface area contributed by atoms with Crippen LogP contribution < -0.4 is 5.32 Å². The van der Waals surface area contributed by atoms with E-state index < -0.39 is 21.6 Å². The van der Waals surface area contributed by atoms with Gasteiger partial charge in [-0.25, -0.2) is 0 Å². The molecule has 0 heterocycles. The van der Waals surface area contributed by atoms with Crippen molar-refractivity contribution in [3.8, 4) is 5.75 Å². The minimum atomic E-state index is -1.02. The van der Waals surface area contributed by atoms with Gasteiger partial charge in [0.2, 0.25) is 0 Å². The number of carbonyl (C=O) groups is 1. The molecule has 1 aromatic carbocycles. The maximum absolute atomic E-state index is 11.8. The SMILES string of the molecule is CCS(=O)CCNC(=O)c1cc(O)ccc1[N+](=O)[O-]. The second-order valence-electron chi connectivity index (χ2n) is 3.65. The van der Waals surface area contributed by atoms with Gasteiger partial charge in [-0.2, -0.15) is 0 Å². The van der Waals surface area contributed by atoms with Crippen LogP contribution in [0.2, 0.25) is 0 Å². The van der Waals surface area contributed by atoms with E-state index in [0.717, 1.165) is 18.2 Å². The summed E-state index contributed by atoms with van der Waals surface area (Å²) in [6.07, 6.45) is 0. The molecule has 0 fully saturated rings. The third-order valence-electron chi connectivity index (χ3n) is 2.36. The summed E-state index contributed by atoms with van der Waals surface area (Å²) in [6.45, 7) is 1.92. The molecule has 1 rings (SSSR count). The van der Waals surface area contributed by atoms with Gasteiger partial charge in [-0.05, 0) is 12.1 Å². The Labute approximate surface area is 112 Å². The smallest absolute Gasteiger partial charge is 0.282 e. The molecule has 19 heavy (non-hydrogen) atoms. The van der Waals surface area contributed by atoms with Crippen molar-refractivity contribution in [2.75, 3.05) is 18.1 Å². The summed E-state index contributed by atoms with van der Waals surface area (Å²) in [5, 5.41) is 22.5. The molecule has 0 saturated heterocycles. The maximum atomic E-state index is 11.8. The van der Waals surface area contributed by atoms with E-state index in [-0.39, 0.29) is 29.3 Å². The summed E-state index contributed by atoms with van der Waals surface area (Å²) in [7, 11) is -1.02. The van der Waals surface area contributed by atoms with Crippen LogP contribution in [0.3, 0.4) is 0 Å². The van der Waals surface area contributed by atoms with E-state index in [0.29, 0.717) is 5.75 Å². The summed E-state index contributed by atoms with van der Waals surface area (Å²) in [4.78, 5) is 21.8. The first kappa shape index (κ1) is 15.1. The predicted octanol–water partition coefficient (Wildman–Crippen LogP) is 0.799. The van der Waals surface area contributed by atoms with Crippen LogP contribution in [-0.4, -0.2) is 38.2 Å². The number of rotatable bonds is 6. The Balaban J connectivity index is 2.78. The van der Waals surface area contributed by atoms with Gasteiger partial charge in [0.1, 0.15) is 11.3 Å². The summed E-state index contributed by atoms with van der Waals surface area (Å²) >= 11 is 0. The van der Waals surface area contributed by atoms with Crippen molar-refractivity contribution >= 4 is 22.4 Å². The lowest BCUT2D eigenvalue weighted by Crippen LogP contribution is -2.28. The number of hydrogen-bond donors (Lipinski definition) is 2. The zero-order chi connectivity index (χ0) is 14.4. The van der Waals surface area contributed by atoms with Gasteiger partial charge in [0, 0.05) is 34.9 Å². The van der Waals surface area contributed by atoms with Gasteiger partial charge in [-0.3, -0.25) is 19.1 Å². The number of carbonyl (C=O) groups excluding carboxylic acids is 1. The van der Waals surface area contributed by atoms with Gasteiger partial charge in [0.15, 0.2) is 0 Å². The van der Waals surface area contributed by atoms with Crippen molar-refractivity contribution in [1.29, 1.82) is 0 Å². The molecule has 1 amide bonds. The zero-order valence-corrected chi connectivity index (χ0v) is 11.1. The van der Waals surface area contributed by atoms with Crippen molar-refractivity contribution in [3.63, 3.8) is 0 Å². The second kappa shape index (κ2) is 6.83. The summed E-state index contributed by atoms with van der Waals surface area (Å²) < 4.78 is 11.2. The zero-order valence-electron chi connectivity index (χ0n) is 10.3. The first-order chi connectivity index (χ1) is 8.95. The third-order valence-corrected chi connectivity index (χ3v) is 3.66. The molecule has 0 aromatic heterocycles. The molecule has 104 valence electrons. The van der Waals surface area contributed by atoms with E-state index in [1.807, 2.05) is 0 Å². The highest BCUT2D eigenvalue weighted by Crippen LogP contribution is 2.22. The molecule has 8 heteroatoms. The van der Waals surface area contributed by atoms with E-state index in [2.05, 4.69) is 5.32 Å². The Bertz CT molecular complexity index is 518. The average Bonchev–Trinajstić information content (AvgIpc) is 2.37. The van der Waals surface area contributed by atoms with Gasteiger partial charge in [-0.15, -0.1) is 0 Å². The van der Waals surface area contributed by atoms with Crippen molar-refractivity contribution in [2.24, 2.45) is 0 Å². The lowest BCUT2D eigenvalue weighted by Gasteiger charge is -2.05. The number of amides is 1. The maximum Gasteiger partial charge on any atom is 0.282 e. The molecule has 0 aliphatic heterocycles. The predicted molar refractivity (Wildman–Crippen MR) is 70.6 cm³/mol. The first-order valence-electron chi connectivity index (χ1n) is 5.56. The minimum Gasteiger partial charge on any atom is -0.508 e. The molecule has 7 nitrogen and oxygen atoms in total. The standard InChI is InChI=1S/C11H14N2O5S/c1-2-19(18)6-5-12-11(15)9-7-8(14)3-4-10(9)13(16)17/h3-4,7,14H,2,5-6H2,1H3,(H,12,15). The van der Waals surface area contributed by atoms with Crippen LogP contribution in [0.25, 0.3) is 0 Å². The van der Waals surface area contributed by atoms with Crippen LogP contribution in [0.4, 0.5) is 5.69 Å². The number of phenolic OH excluding ortho intramolecular Hbond substituents is 1. The topological polar surface area (TPSA) is 110 Å². The van der Waals surface area contributed by atoms with Crippen LogP contribution in [0.5, 0.6) is 5.75 Å². The fourth-order valence-corrected chi connectivity index (χ4v) is 2.00. The van der Waals surface area contributed by atoms with Gasteiger partial charge >= 0.3 is 0 Å². The lowest BCUT2D eigenvalue weighted by molar-refractivity contribution is -0.385. The third kappa shape index (κ3) is 4.32. The van der Waals surface area contributed by atoms with Crippen LogP contribution in [-0.2, 0) is 10.8 Å². The molecule has 0 aliphatic rings.